The molecule has 0 fully saturated rings. The predicted octanol–water partition coefficient (Wildman–Crippen LogP) is 8.71. The molecular weight excluding hydrogens is 499 g/mol. The molecule has 1 heterocycles. The standard InChI is InChI=1S/C22H11F9O2S/c23-19(24,21(27,28)29)20(25,26)22(30,31)34-33-16-11-10-15-18(13-8-4-5-9-14(13)32-15)17(16)12-6-2-1-3-7-12/h1-11H. The van der Waals surface area contributed by atoms with Crippen LogP contribution in [-0.4, -0.2) is 23.3 Å². The van der Waals surface area contributed by atoms with E-state index in [1.807, 2.05) is 0 Å². The van der Waals surface area contributed by atoms with Gasteiger partial charge in [-0.15, -0.1) is 0 Å². The quantitative estimate of drug-likeness (QED) is 0.191. The molecule has 2 nitrogen and oxygen atoms in total. The van der Waals surface area contributed by atoms with E-state index in [-0.39, 0.29) is 11.1 Å². The average Bonchev–Trinajstić information content (AvgIpc) is 3.15. The molecule has 0 unspecified atom stereocenters. The number of furan rings is 1. The summed E-state index contributed by atoms with van der Waals surface area (Å²) in [6.45, 7) is 0. The summed E-state index contributed by atoms with van der Waals surface area (Å²) in [5.74, 6) is -14.3. The number of hydrogen-bond donors (Lipinski definition) is 0. The van der Waals surface area contributed by atoms with E-state index in [4.69, 9.17) is 8.60 Å². The third kappa shape index (κ3) is 3.73. The van der Waals surface area contributed by atoms with E-state index in [0.29, 0.717) is 21.9 Å². The Hall–Kier alpha value is -3.02. The maximum atomic E-state index is 14.0. The average molecular weight is 510 g/mol. The Bertz CT molecular complexity index is 1330. The van der Waals surface area contributed by atoms with Gasteiger partial charge in [-0.1, -0.05) is 48.5 Å². The van der Waals surface area contributed by atoms with Crippen molar-refractivity contribution in [1.82, 2.24) is 0 Å². The highest BCUT2D eigenvalue weighted by molar-refractivity contribution is 7.96. The molecule has 0 N–H and O–H groups in total. The molecule has 0 amide bonds. The van der Waals surface area contributed by atoms with Crippen LogP contribution in [0.5, 0.6) is 5.75 Å². The lowest BCUT2D eigenvalue weighted by atomic mass is 9.98. The number of benzene rings is 3. The van der Waals surface area contributed by atoms with Crippen molar-refractivity contribution < 1.29 is 48.1 Å². The summed E-state index contributed by atoms with van der Waals surface area (Å²) in [6.07, 6.45) is -6.91. The van der Waals surface area contributed by atoms with E-state index in [2.05, 4.69) is 0 Å². The van der Waals surface area contributed by atoms with Gasteiger partial charge >= 0.3 is 23.3 Å². The first-order valence-corrected chi connectivity index (χ1v) is 10.1. The first-order chi connectivity index (χ1) is 15.8. The summed E-state index contributed by atoms with van der Waals surface area (Å²) in [6, 6.07) is 16.8. The van der Waals surface area contributed by atoms with Crippen molar-refractivity contribution in [3.05, 3.63) is 66.7 Å². The Labute approximate surface area is 189 Å². The highest BCUT2D eigenvalue weighted by Crippen LogP contribution is 2.57. The third-order valence-electron chi connectivity index (χ3n) is 4.92. The van der Waals surface area contributed by atoms with Gasteiger partial charge in [0.15, 0.2) is 0 Å². The maximum Gasteiger partial charge on any atom is 0.460 e. The SMILES string of the molecule is FC(F)(F)C(F)(F)C(F)(F)C(F)(F)SOc1ccc2oc3ccccc3c2c1-c1ccccc1. The van der Waals surface area contributed by atoms with Gasteiger partial charge in [-0.05, 0) is 23.8 Å². The second kappa shape index (κ2) is 8.03. The van der Waals surface area contributed by atoms with Gasteiger partial charge in [0.2, 0.25) is 0 Å². The fraction of sp³-hybridized carbons (Fsp3) is 0.182. The van der Waals surface area contributed by atoms with Crippen LogP contribution in [0.4, 0.5) is 39.5 Å². The largest absolute Gasteiger partial charge is 0.460 e. The Kier molecular flexibility index (Phi) is 5.70. The summed E-state index contributed by atoms with van der Waals surface area (Å²) in [5.41, 5.74) is 1.14. The highest BCUT2D eigenvalue weighted by atomic mass is 32.2. The molecule has 4 rings (SSSR count). The molecule has 1 aromatic heterocycles. The third-order valence-corrected chi connectivity index (χ3v) is 5.65. The molecule has 12 heteroatoms. The summed E-state index contributed by atoms with van der Waals surface area (Å²) in [5, 5.41) is -5.10. The Morgan fingerprint density at radius 2 is 1.26 bits per heavy atom. The van der Waals surface area contributed by atoms with Gasteiger partial charge in [0.25, 0.3) is 0 Å². The number of rotatable bonds is 6. The van der Waals surface area contributed by atoms with Crippen LogP contribution < -0.4 is 4.18 Å². The normalized spacial score (nSPS) is 13.6. The zero-order valence-electron chi connectivity index (χ0n) is 16.5. The molecule has 0 saturated carbocycles. The monoisotopic (exact) mass is 510 g/mol. The molecule has 0 radical (unpaired) electrons. The summed E-state index contributed by atoms with van der Waals surface area (Å²) < 4.78 is 129. The second-order valence-electron chi connectivity index (χ2n) is 7.11. The smallest absolute Gasteiger partial charge is 0.456 e. The van der Waals surface area contributed by atoms with Crippen molar-refractivity contribution in [2.75, 3.05) is 0 Å². The Balaban J connectivity index is 1.81. The van der Waals surface area contributed by atoms with E-state index in [0.717, 1.165) is 6.07 Å². The van der Waals surface area contributed by atoms with Gasteiger partial charge in [-0.25, -0.2) is 0 Å². The van der Waals surface area contributed by atoms with Crippen LogP contribution in [-0.2, 0) is 0 Å². The molecule has 0 spiro atoms. The van der Waals surface area contributed by atoms with Crippen molar-refractivity contribution in [2.24, 2.45) is 0 Å². The molecule has 0 bridgehead atoms. The fourth-order valence-corrected chi connectivity index (χ4v) is 3.83. The molecule has 4 aromatic rings. The Morgan fingerprint density at radius 3 is 1.91 bits per heavy atom. The van der Waals surface area contributed by atoms with Crippen LogP contribution >= 0.6 is 12.0 Å². The lowest BCUT2D eigenvalue weighted by Crippen LogP contribution is -2.59. The van der Waals surface area contributed by atoms with Crippen molar-refractivity contribution in [3.63, 3.8) is 0 Å². The van der Waals surface area contributed by atoms with Crippen molar-refractivity contribution >= 4 is 34.0 Å². The molecule has 0 aliphatic heterocycles. The highest BCUT2D eigenvalue weighted by Gasteiger charge is 2.82. The number of para-hydroxylation sites is 1. The number of fused-ring (bicyclic) bond motifs is 3. The lowest BCUT2D eigenvalue weighted by Gasteiger charge is -2.32. The molecule has 180 valence electrons. The lowest BCUT2D eigenvalue weighted by molar-refractivity contribution is -0.381. The topological polar surface area (TPSA) is 22.4 Å². The second-order valence-corrected chi connectivity index (χ2v) is 7.95. The fourth-order valence-electron chi connectivity index (χ4n) is 3.27. The van der Waals surface area contributed by atoms with Gasteiger partial charge in [-0.2, -0.15) is 39.5 Å². The van der Waals surface area contributed by atoms with Gasteiger partial charge in [0.1, 0.15) is 29.0 Å². The van der Waals surface area contributed by atoms with E-state index in [1.54, 1.807) is 54.6 Å². The molecule has 3 aromatic carbocycles. The van der Waals surface area contributed by atoms with Crippen molar-refractivity contribution in [3.8, 4) is 16.9 Å². The molecular formula is C22H11F9O2S. The minimum Gasteiger partial charge on any atom is -0.456 e. The van der Waals surface area contributed by atoms with Gasteiger partial charge in [0, 0.05) is 16.3 Å². The zero-order chi connectivity index (χ0) is 24.9. The van der Waals surface area contributed by atoms with E-state index in [1.165, 1.54) is 6.07 Å². The molecule has 34 heavy (non-hydrogen) atoms. The van der Waals surface area contributed by atoms with Crippen LogP contribution in [0, 0.1) is 0 Å². The minimum atomic E-state index is -7.01. The van der Waals surface area contributed by atoms with Crippen LogP contribution in [0.25, 0.3) is 33.1 Å². The van der Waals surface area contributed by atoms with Gasteiger partial charge < -0.3 is 8.60 Å². The van der Waals surface area contributed by atoms with Crippen LogP contribution in [0.15, 0.2) is 71.1 Å². The summed E-state index contributed by atoms with van der Waals surface area (Å²) >= 11 is -1.49. The number of hydrogen-bond acceptors (Lipinski definition) is 3. The van der Waals surface area contributed by atoms with E-state index < -0.39 is 41.1 Å². The predicted molar refractivity (Wildman–Crippen MR) is 108 cm³/mol. The molecule has 0 saturated heterocycles. The molecule has 0 atom stereocenters. The first kappa shape index (κ1) is 24.1. The molecule has 0 aliphatic rings. The van der Waals surface area contributed by atoms with Gasteiger partial charge in [0.05, 0.1) is 0 Å². The number of alkyl halides is 9. The minimum absolute atomic E-state index is 0.0947. The Morgan fingerprint density at radius 1 is 0.647 bits per heavy atom. The molecule has 0 aliphatic carbocycles. The van der Waals surface area contributed by atoms with Gasteiger partial charge in [-0.3, -0.25) is 0 Å². The summed E-state index contributed by atoms with van der Waals surface area (Å²) in [4.78, 5) is 0. The zero-order valence-corrected chi connectivity index (χ0v) is 17.3. The summed E-state index contributed by atoms with van der Waals surface area (Å²) in [7, 11) is 0. The number of halogens is 9. The van der Waals surface area contributed by atoms with E-state index in [9.17, 15) is 39.5 Å². The maximum absolute atomic E-state index is 14.0. The van der Waals surface area contributed by atoms with Crippen molar-refractivity contribution in [1.29, 1.82) is 0 Å². The van der Waals surface area contributed by atoms with Crippen LogP contribution in [0.2, 0.25) is 0 Å². The van der Waals surface area contributed by atoms with Crippen LogP contribution in [0.3, 0.4) is 0 Å². The van der Waals surface area contributed by atoms with Crippen LogP contribution in [0.1, 0.15) is 0 Å². The van der Waals surface area contributed by atoms with Crippen molar-refractivity contribution in [2.45, 2.75) is 23.3 Å². The first-order valence-electron chi connectivity index (χ1n) is 9.33. The van der Waals surface area contributed by atoms with E-state index >= 15 is 0 Å².